The summed E-state index contributed by atoms with van der Waals surface area (Å²) in [6, 6.07) is 14.7. The van der Waals surface area contributed by atoms with Gasteiger partial charge in [-0.3, -0.25) is 0 Å². The van der Waals surface area contributed by atoms with Crippen molar-refractivity contribution in [1.82, 2.24) is 0 Å². The van der Waals surface area contributed by atoms with E-state index in [4.69, 9.17) is 14.9 Å². The van der Waals surface area contributed by atoms with Crippen LogP contribution in [0.1, 0.15) is 22.6 Å². The van der Waals surface area contributed by atoms with E-state index in [9.17, 15) is 0 Å². The molecule has 3 nitrogen and oxygen atoms in total. The van der Waals surface area contributed by atoms with Crippen molar-refractivity contribution in [2.45, 2.75) is 6.92 Å². The zero-order chi connectivity index (χ0) is 13.0. The first-order chi connectivity index (χ1) is 8.72. The largest absolute Gasteiger partial charge is 0.462 e. The molecule has 0 saturated heterocycles. The van der Waals surface area contributed by atoms with Crippen molar-refractivity contribution in [3.63, 3.8) is 0 Å². The number of aryl methyl sites for hydroxylation is 1. The predicted octanol–water partition coefficient (Wildman–Crippen LogP) is 3.52. The van der Waals surface area contributed by atoms with Crippen molar-refractivity contribution < 1.29 is 4.42 Å². The Morgan fingerprint density at radius 2 is 1.83 bits per heavy atom. The van der Waals surface area contributed by atoms with E-state index >= 15 is 0 Å². The third kappa shape index (κ3) is 2.48. The number of nitriles is 2. The molecule has 0 atom stereocenters. The van der Waals surface area contributed by atoms with E-state index in [0.29, 0.717) is 16.9 Å². The maximum atomic E-state index is 9.15. The maximum Gasteiger partial charge on any atom is 0.128 e. The second-order valence-electron chi connectivity index (χ2n) is 3.81. The number of hydrogen-bond acceptors (Lipinski definition) is 3. The van der Waals surface area contributed by atoms with Crippen LogP contribution in [0, 0.1) is 29.6 Å². The zero-order valence-corrected chi connectivity index (χ0v) is 9.84. The summed E-state index contributed by atoms with van der Waals surface area (Å²) in [6.45, 7) is 1.85. The van der Waals surface area contributed by atoms with Gasteiger partial charge in [0.2, 0.25) is 0 Å². The van der Waals surface area contributed by atoms with Gasteiger partial charge in [-0.1, -0.05) is 12.1 Å². The van der Waals surface area contributed by atoms with Gasteiger partial charge in [0.25, 0.3) is 0 Å². The Kier molecular flexibility index (Phi) is 3.27. The molecule has 0 N–H and O–H groups in total. The molecule has 0 bridgehead atoms. The van der Waals surface area contributed by atoms with Crippen molar-refractivity contribution >= 4 is 11.6 Å². The first kappa shape index (κ1) is 11.7. The van der Waals surface area contributed by atoms with Crippen LogP contribution in [-0.4, -0.2) is 0 Å². The average Bonchev–Trinajstić information content (AvgIpc) is 2.82. The first-order valence-corrected chi connectivity index (χ1v) is 5.41. The summed E-state index contributed by atoms with van der Waals surface area (Å²) in [6.07, 6.45) is 1.69. The molecule has 18 heavy (non-hydrogen) atoms. The number of allylic oxidation sites excluding steroid dienone is 1. The molecule has 3 heteroatoms. The standard InChI is InChI=1S/C15H10N2O/c1-11-2-7-15(18-11)8-14(10-17)13-5-3-12(9-16)4-6-13/h2-8H,1H3. The van der Waals surface area contributed by atoms with Gasteiger partial charge in [-0.05, 0) is 42.8 Å². The monoisotopic (exact) mass is 234 g/mol. The highest BCUT2D eigenvalue weighted by Gasteiger charge is 2.03. The smallest absolute Gasteiger partial charge is 0.128 e. The Bertz CT molecular complexity index is 664. The van der Waals surface area contributed by atoms with Crippen molar-refractivity contribution in [3.05, 3.63) is 59.0 Å². The van der Waals surface area contributed by atoms with Crippen LogP contribution in [0.3, 0.4) is 0 Å². The SMILES string of the molecule is Cc1ccc(C=C(C#N)c2ccc(C#N)cc2)o1. The Hall–Kier alpha value is -2.78. The predicted molar refractivity (Wildman–Crippen MR) is 68.1 cm³/mol. The average molecular weight is 234 g/mol. The summed E-state index contributed by atoms with van der Waals surface area (Å²) in [7, 11) is 0. The molecule has 1 aromatic carbocycles. The highest BCUT2D eigenvalue weighted by atomic mass is 16.3. The van der Waals surface area contributed by atoms with Gasteiger partial charge in [0, 0.05) is 0 Å². The van der Waals surface area contributed by atoms with E-state index in [-0.39, 0.29) is 0 Å². The van der Waals surface area contributed by atoms with Crippen LogP contribution >= 0.6 is 0 Å². The Morgan fingerprint density at radius 1 is 1.11 bits per heavy atom. The molecule has 86 valence electrons. The van der Waals surface area contributed by atoms with Crippen LogP contribution in [0.4, 0.5) is 0 Å². The van der Waals surface area contributed by atoms with E-state index in [2.05, 4.69) is 6.07 Å². The molecule has 2 rings (SSSR count). The molecule has 0 spiro atoms. The molecular weight excluding hydrogens is 224 g/mol. The second-order valence-corrected chi connectivity index (χ2v) is 3.81. The van der Waals surface area contributed by atoms with Gasteiger partial charge in [0.1, 0.15) is 11.5 Å². The third-order valence-corrected chi connectivity index (χ3v) is 2.49. The molecule has 2 aromatic rings. The molecule has 0 aliphatic heterocycles. The highest BCUT2D eigenvalue weighted by molar-refractivity contribution is 5.88. The van der Waals surface area contributed by atoms with E-state index in [1.807, 2.05) is 25.1 Å². The number of benzene rings is 1. The molecule has 0 aliphatic carbocycles. The van der Waals surface area contributed by atoms with Crippen LogP contribution in [0.25, 0.3) is 11.6 Å². The minimum absolute atomic E-state index is 0.508. The number of nitrogens with zero attached hydrogens (tertiary/aromatic N) is 2. The topological polar surface area (TPSA) is 60.7 Å². The van der Waals surface area contributed by atoms with Crippen molar-refractivity contribution in [1.29, 1.82) is 10.5 Å². The molecule has 1 aromatic heterocycles. The summed E-state index contributed by atoms with van der Waals surface area (Å²) in [5, 5.41) is 17.9. The van der Waals surface area contributed by atoms with Crippen molar-refractivity contribution in [3.8, 4) is 12.1 Å². The summed E-state index contributed by atoms with van der Waals surface area (Å²) < 4.78 is 5.40. The fourth-order valence-corrected chi connectivity index (χ4v) is 1.58. The molecule has 0 amide bonds. The first-order valence-electron chi connectivity index (χ1n) is 5.41. The Labute approximate surface area is 105 Å². The van der Waals surface area contributed by atoms with Crippen molar-refractivity contribution in [2.24, 2.45) is 0 Å². The minimum Gasteiger partial charge on any atom is -0.462 e. The quantitative estimate of drug-likeness (QED) is 0.747. The van der Waals surface area contributed by atoms with Crippen molar-refractivity contribution in [2.75, 3.05) is 0 Å². The molecule has 0 aliphatic rings. The van der Waals surface area contributed by atoms with Crippen LogP contribution in [0.15, 0.2) is 40.8 Å². The van der Waals surface area contributed by atoms with Gasteiger partial charge in [-0.2, -0.15) is 10.5 Å². The normalized spacial score (nSPS) is 10.7. The summed E-state index contributed by atoms with van der Waals surface area (Å²) in [5.41, 5.74) is 1.85. The highest BCUT2D eigenvalue weighted by Crippen LogP contribution is 2.19. The lowest BCUT2D eigenvalue weighted by molar-refractivity contribution is 0.525. The molecular formula is C15H10N2O. The molecule has 1 heterocycles. The Balaban J connectivity index is 2.37. The van der Waals surface area contributed by atoms with Crippen LogP contribution in [-0.2, 0) is 0 Å². The number of hydrogen-bond donors (Lipinski definition) is 0. The summed E-state index contributed by atoms with van der Waals surface area (Å²) >= 11 is 0. The van der Waals surface area contributed by atoms with E-state index < -0.39 is 0 Å². The van der Waals surface area contributed by atoms with Crippen LogP contribution < -0.4 is 0 Å². The van der Waals surface area contributed by atoms with Gasteiger partial charge in [0.15, 0.2) is 0 Å². The van der Waals surface area contributed by atoms with Gasteiger partial charge in [0.05, 0.1) is 23.3 Å². The second kappa shape index (κ2) is 5.03. The van der Waals surface area contributed by atoms with Gasteiger partial charge in [-0.25, -0.2) is 0 Å². The fourth-order valence-electron chi connectivity index (χ4n) is 1.58. The summed E-state index contributed by atoms with van der Waals surface area (Å²) in [4.78, 5) is 0. The Morgan fingerprint density at radius 3 is 2.33 bits per heavy atom. The third-order valence-electron chi connectivity index (χ3n) is 2.49. The molecule has 0 radical (unpaired) electrons. The maximum absolute atomic E-state index is 9.15. The number of furan rings is 1. The lowest BCUT2D eigenvalue weighted by Crippen LogP contribution is -1.82. The molecule has 0 unspecified atom stereocenters. The zero-order valence-electron chi connectivity index (χ0n) is 9.84. The van der Waals surface area contributed by atoms with Gasteiger partial charge < -0.3 is 4.42 Å². The van der Waals surface area contributed by atoms with Gasteiger partial charge >= 0.3 is 0 Å². The fraction of sp³-hybridized carbons (Fsp3) is 0.0667. The number of rotatable bonds is 2. The van der Waals surface area contributed by atoms with Gasteiger partial charge in [-0.15, -0.1) is 0 Å². The lowest BCUT2D eigenvalue weighted by Gasteiger charge is -1.98. The molecule has 0 saturated carbocycles. The van der Waals surface area contributed by atoms with E-state index in [0.717, 1.165) is 11.3 Å². The van der Waals surface area contributed by atoms with E-state index in [1.165, 1.54) is 0 Å². The van der Waals surface area contributed by atoms with Crippen LogP contribution in [0.5, 0.6) is 0 Å². The van der Waals surface area contributed by atoms with Crippen LogP contribution in [0.2, 0.25) is 0 Å². The molecule has 0 fully saturated rings. The lowest BCUT2D eigenvalue weighted by atomic mass is 10.0. The van der Waals surface area contributed by atoms with E-state index in [1.54, 1.807) is 30.3 Å². The minimum atomic E-state index is 0.508. The summed E-state index contributed by atoms with van der Waals surface area (Å²) in [5.74, 6) is 1.45.